The number of aliphatic hydroxyl groups is 1. The monoisotopic (exact) mass is 645 g/mol. The molecule has 0 bridgehead atoms. The maximum atomic E-state index is 13.1. The number of nitrogens with zero attached hydrogens (tertiary/aromatic N) is 5. The van der Waals surface area contributed by atoms with E-state index < -0.39 is 23.8 Å². The van der Waals surface area contributed by atoms with E-state index in [2.05, 4.69) is 15.3 Å². The molecule has 11 nitrogen and oxygen atoms in total. The van der Waals surface area contributed by atoms with Gasteiger partial charge in [-0.2, -0.15) is 13.2 Å². The molecule has 3 aromatic heterocycles. The van der Waals surface area contributed by atoms with Gasteiger partial charge in [0, 0.05) is 35.8 Å². The quantitative estimate of drug-likeness (QED) is 0.249. The van der Waals surface area contributed by atoms with Crippen LogP contribution in [0.1, 0.15) is 61.3 Å². The van der Waals surface area contributed by atoms with Crippen molar-refractivity contribution in [2.45, 2.75) is 57.9 Å². The molecule has 2 amide bonds. The normalized spacial score (nSPS) is 17.7. The third-order valence-electron chi connectivity index (χ3n) is 7.69. The standard InChI is InChI=1S/C30H31ClF3N7O4/c1-4-45-21-11-17(28(43)38-23-12-19(9-10-36-23)30(32,33)34)7-8-20(21)24-25-26(35)37-13-22(31)41(25)27(39-24)18-6-5-15(2)40(14-18)29(44)16(3)42/h7-13,15-16,18,42H,4-6,14H2,1-3H3,(H2,35,37)(H,36,38,43)/t15-,16?,18+/m0/s1. The number of nitrogens with one attached hydrogen (secondary N) is 1. The number of piperidine rings is 1. The molecule has 4 aromatic rings. The van der Waals surface area contributed by atoms with Gasteiger partial charge in [0.05, 0.1) is 18.4 Å². The first-order chi connectivity index (χ1) is 21.3. The smallest absolute Gasteiger partial charge is 0.416 e. The summed E-state index contributed by atoms with van der Waals surface area (Å²) in [5.74, 6) is -0.675. The van der Waals surface area contributed by atoms with E-state index in [1.54, 1.807) is 22.3 Å². The average molecular weight is 646 g/mol. The molecule has 15 heteroatoms. The second-order valence-electron chi connectivity index (χ2n) is 10.8. The first-order valence-electron chi connectivity index (χ1n) is 14.2. The molecule has 0 radical (unpaired) electrons. The van der Waals surface area contributed by atoms with Gasteiger partial charge in [-0.15, -0.1) is 0 Å². The summed E-state index contributed by atoms with van der Waals surface area (Å²) in [6.45, 7) is 5.62. The van der Waals surface area contributed by atoms with Crippen molar-refractivity contribution in [3.8, 4) is 17.0 Å². The summed E-state index contributed by atoms with van der Waals surface area (Å²) in [5, 5.41) is 12.6. The van der Waals surface area contributed by atoms with Crippen LogP contribution in [0.3, 0.4) is 0 Å². The van der Waals surface area contributed by atoms with Crippen molar-refractivity contribution >= 4 is 40.6 Å². The molecule has 4 N–H and O–H groups in total. The maximum absolute atomic E-state index is 13.1. The minimum absolute atomic E-state index is 0.0781. The number of nitrogen functional groups attached to an aromatic ring is 1. The summed E-state index contributed by atoms with van der Waals surface area (Å²) in [5.41, 5.74) is 6.74. The minimum atomic E-state index is -4.60. The number of aromatic nitrogens is 4. The van der Waals surface area contributed by atoms with Crippen LogP contribution in [-0.2, 0) is 11.0 Å². The Labute approximate surface area is 261 Å². The number of benzene rings is 1. The number of imidazole rings is 1. The molecule has 0 saturated carbocycles. The number of nitrogens with two attached hydrogens (primary N) is 1. The number of fused-ring (bicyclic) bond motifs is 1. The summed E-state index contributed by atoms with van der Waals surface area (Å²) in [7, 11) is 0. The predicted molar refractivity (Wildman–Crippen MR) is 161 cm³/mol. The van der Waals surface area contributed by atoms with Crippen molar-refractivity contribution in [1.29, 1.82) is 0 Å². The number of carbonyl (C=O) groups is 2. The number of rotatable bonds is 7. The number of halogens is 4. The van der Waals surface area contributed by atoms with Crippen LogP contribution in [0.2, 0.25) is 5.15 Å². The van der Waals surface area contributed by atoms with Crippen LogP contribution < -0.4 is 15.8 Å². The van der Waals surface area contributed by atoms with E-state index in [0.29, 0.717) is 42.0 Å². The van der Waals surface area contributed by atoms with Crippen LogP contribution in [0.5, 0.6) is 5.75 Å². The zero-order valence-electron chi connectivity index (χ0n) is 24.6. The van der Waals surface area contributed by atoms with Crippen molar-refractivity contribution in [3.05, 3.63) is 64.8 Å². The number of likely N-dealkylation sites (tertiary alicyclic amines) is 1. The van der Waals surface area contributed by atoms with Crippen molar-refractivity contribution in [1.82, 2.24) is 24.3 Å². The lowest BCUT2D eigenvalue weighted by Crippen LogP contribution is -2.48. The van der Waals surface area contributed by atoms with Crippen LogP contribution in [0, 0.1) is 0 Å². The van der Waals surface area contributed by atoms with Crippen LogP contribution in [0.15, 0.2) is 42.7 Å². The molecule has 4 heterocycles. The number of anilines is 2. The summed E-state index contributed by atoms with van der Waals surface area (Å²) in [6, 6.07) is 6.00. The largest absolute Gasteiger partial charge is 0.493 e. The first-order valence-corrected chi connectivity index (χ1v) is 14.6. The number of carbonyl (C=O) groups excluding carboxylic acids is 2. The van der Waals surface area contributed by atoms with Gasteiger partial charge in [-0.05, 0) is 63.9 Å². The van der Waals surface area contributed by atoms with Gasteiger partial charge in [0.15, 0.2) is 0 Å². The van der Waals surface area contributed by atoms with Gasteiger partial charge in [-0.3, -0.25) is 14.0 Å². The van der Waals surface area contributed by atoms with Gasteiger partial charge < -0.3 is 25.8 Å². The molecule has 45 heavy (non-hydrogen) atoms. The predicted octanol–water partition coefficient (Wildman–Crippen LogP) is 5.17. The Morgan fingerprint density at radius 3 is 2.67 bits per heavy atom. The third kappa shape index (κ3) is 6.38. The number of hydrogen-bond donors (Lipinski definition) is 3. The van der Waals surface area contributed by atoms with Crippen molar-refractivity contribution < 1.29 is 32.6 Å². The van der Waals surface area contributed by atoms with Crippen molar-refractivity contribution in [2.24, 2.45) is 0 Å². The number of pyridine rings is 1. The highest BCUT2D eigenvalue weighted by atomic mass is 35.5. The van der Waals surface area contributed by atoms with Crippen molar-refractivity contribution in [3.63, 3.8) is 0 Å². The van der Waals surface area contributed by atoms with E-state index >= 15 is 0 Å². The molecule has 1 aliphatic rings. The Kier molecular flexibility index (Phi) is 8.90. The van der Waals surface area contributed by atoms with Crippen molar-refractivity contribution in [2.75, 3.05) is 24.2 Å². The second-order valence-corrected chi connectivity index (χ2v) is 11.2. The Morgan fingerprint density at radius 1 is 1.22 bits per heavy atom. The molecule has 1 fully saturated rings. The van der Waals surface area contributed by atoms with Gasteiger partial charge in [0.2, 0.25) is 0 Å². The van der Waals surface area contributed by atoms with Crippen LogP contribution in [0.4, 0.5) is 24.8 Å². The molecule has 0 aliphatic carbocycles. The SMILES string of the molecule is CCOc1cc(C(=O)Nc2cc(C(F)(F)F)ccn2)ccc1-c1nc([C@@H]2CC[C@H](C)N(C(=O)C(C)O)C2)n2c(Cl)cnc(N)c12. The number of amides is 2. The Morgan fingerprint density at radius 2 is 1.98 bits per heavy atom. The van der Waals surface area contributed by atoms with E-state index in [4.69, 9.17) is 27.1 Å². The van der Waals surface area contributed by atoms with Gasteiger partial charge in [0.25, 0.3) is 11.8 Å². The van der Waals surface area contributed by atoms with Crippen LogP contribution >= 0.6 is 11.6 Å². The molecular formula is C30H31ClF3N7O4. The summed E-state index contributed by atoms with van der Waals surface area (Å²) in [6.07, 6.45) is -2.04. The third-order valence-corrected chi connectivity index (χ3v) is 7.95. The fourth-order valence-electron chi connectivity index (χ4n) is 5.46. The Bertz CT molecular complexity index is 1760. The first kappa shape index (κ1) is 32.0. The fraction of sp³-hybridized carbons (Fsp3) is 0.367. The molecule has 5 rings (SSSR count). The lowest BCUT2D eigenvalue weighted by molar-refractivity contribution is -0.143. The summed E-state index contributed by atoms with van der Waals surface area (Å²) < 4.78 is 47.0. The van der Waals surface area contributed by atoms with Gasteiger partial charge in [0.1, 0.15) is 45.7 Å². The van der Waals surface area contributed by atoms with E-state index in [0.717, 1.165) is 18.3 Å². The molecule has 1 unspecified atom stereocenters. The fourth-order valence-corrected chi connectivity index (χ4v) is 5.68. The molecule has 238 valence electrons. The number of hydrogen-bond acceptors (Lipinski definition) is 8. The molecule has 0 spiro atoms. The Hall–Kier alpha value is -4.43. The molecular weight excluding hydrogens is 615 g/mol. The van der Waals surface area contributed by atoms with E-state index in [9.17, 15) is 27.9 Å². The highest BCUT2D eigenvalue weighted by Gasteiger charge is 2.35. The second kappa shape index (κ2) is 12.5. The molecule has 1 saturated heterocycles. The molecule has 1 aliphatic heterocycles. The van der Waals surface area contributed by atoms with Gasteiger partial charge in [-0.25, -0.2) is 15.0 Å². The van der Waals surface area contributed by atoms with E-state index in [-0.39, 0.29) is 52.6 Å². The topological polar surface area (TPSA) is 148 Å². The Balaban J connectivity index is 1.55. The molecule has 3 atom stereocenters. The van der Waals surface area contributed by atoms with E-state index in [1.165, 1.54) is 25.3 Å². The number of ether oxygens (including phenoxy) is 1. The maximum Gasteiger partial charge on any atom is 0.416 e. The summed E-state index contributed by atoms with van der Waals surface area (Å²) in [4.78, 5) is 40.4. The lowest BCUT2D eigenvalue weighted by Gasteiger charge is -2.38. The lowest BCUT2D eigenvalue weighted by atomic mass is 9.92. The average Bonchev–Trinajstić information content (AvgIpc) is 3.40. The minimum Gasteiger partial charge on any atom is -0.493 e. The van der Waals surface area contributed by atoms with Crippen LogP contribution in [0.25, 0.3) is 16.8 Å². The van der Waals surface area contributed by atoms with Gasteiger partial charge in [-0.1, -0.05) is 11.6 Å². The zero-order valence-corrected chi connectivity index (χ0v) is 25.4. The number of alkyl halides is 3. The van der Waals surface area contributed by atoms with E-state index in [1.807, 2.05) is 6.92 Å². The zero-order chi connectivity index (χ0) is 32.6. The van der Waals surface area contributed by atoms with Crippen LogP contribution in [-0.4, -0.2) is 66.5 Å². The molecule has 1 aromatic carbocycles. The number of aliphatic hydroxyl groups excluding tert-OH is 1. The highest BCUT2D eigenvalue weighted by molar-refractivity contribution is 6.30. The van der Waals surface area contributed by atoms with Gasteiger partial charge >= 0.3 is 6.18 Å². The summed E-state index contributed by atoms with van der Waals surface area (Å²) >= 11 is 6.64. The highest BCUT2D eigenvalue weighted by Crippen LogP contribution is 2.40.